The molecule has 14 heavy (non-hydrogen) atoms. The quantitative estimate of drug-likeness (QED) is 0.450. The van der Waals surface area contributed by atoms with E-state index in [0.717, 1.165) is 0 Å². The van der Waals surface area contributed by atoms with Gasteiger partial charge >= 0.3 is 0 Å². The Bertz CT molecular complexity index is 341. The minimum Gasteiger partial charge on any atom is -0.494 e. The van der Waals surface area contributed by atoms with Crippen molar-refractivity contribution in [1.82, 2.24) is 0 Å². The fraction of sp³-hybridized carbons (Fsp3) is 0.667. The summed E-state index contributed by atoms with van der Waals surface area (Å²) in [5.41, 5.74) is -1.44. The molecule has 5 nitrogen and oxygen atoms in total. The van der Waals surface area contributed by atoms with Crippen LogP contribution in [0.1, 0.15) is 19.3 Å². The van der Waals surface area contributed by atoms with Crippen LogP contribution in [0.15, 0.2) is 11.3 Å². The number of rotatable bonds is 0. The average Bonchev–Trinajstić information content (AvgIpc) is 2.30. The molecule has 1 saturated heterocycles. The Morgan fingerprint density at radius 2 is 2.07 bits per heavy atom. The van der Waals surface area contributed by atoms with Gasteiger partial charge in [-0.3, -0.25) is 0 Å². The molecule has 2 aliphatic heterocycles. The molecule has 0 radical (unpaired) electrons. The molecule has 1 unspecified atom stereocenters. The summed E-state index contributed by atoms with van der Waals surface area (Å²) >= 11 is 0. The van der Waals surface area contributed by atoms with Crippen LogP contribution in [0.5, 0.6) is 0 Å². The zero-order chi connectivity index (χ0) is 10.4. The third-order valence-corrected chi connectivity index (χ3v) is 2.87. The van der Waals surface area contributed by atoms with Crippen molar-refractivity contribution in [2.45, 2.75) is 30.7 Å². The zero-order valence-corrected chi connectivity index (χ0v) is 7.53. The molecule has 3 aliphatic rings. The maximum atomic E-state index is 9.92. The summed E-state index contributed by atoms with van der Waals surface area (Å²) < 4.78 is 5.13. The SMILES string of the molecule is N#CC1=C2CCC(O)(O)C(O)(CO2)C1. The van der Waals surface area contributed by atoms with Crippen molar-refractivity contribution in [3.8, 4) is 6.07 Å². The first-order valence-corrected chi connectivity index (χ1v) is 4.40. The van der Waals surface area contributed by atoms with Crippen molar-refractivity contribution in [3.63, 3.8) is 0 Å². The van der Waals surface area contributed by atoms with Gasteiger partial charge in [0.15, 0.2) is 11.4 Å². The summed E-state index contributed by atoms with van der Waals surface area (Å²) in [6, 6.07) is 1.91. The lowest BCUT2D eigenvalue weighted by atomic mass is 9.86. The van der Waals surface area contributed by atoms with Crippen molar-refractivity contribution in [2.24, 2.45) is 0 Å². The third kappa shape index (κ3) is 1.12. The van der Waals surface area contributed by atoms with Crippen molar-refractivity contribution in [3.05, 3.63) is 11.3 Å². The molecule has 1 fully saturated rings. The lowest BCUT2D eigenvalue weighted by Crippen LogP contribution is -2.56. The van der Waals surface area contributed by atoms with E-state index in [4.69, 9.17) is 10.00 Å². The highest BCUT2D eigenvalue weighted by atomic mass is 16.6. The van der Waals surface area contributed by atoms with Crippen LogP contribution in [0.3, 0.4) is 0 Å². The van der Waals surface area contributed by atoms with Crippen LogP contribution in [0, 0.1) is 11.3 Å². The van der Waals surface area contributed by atoms with Crippen LogP contribution in [0.25, 0.3) is 0 Å². The second-order valence-electron chi connectivity index (χ2n) is 3.83. The van der Waals surface area contributed by atoms with Crippen LogP contribution < -0.4 is 0 Å². The number of hydrogen-bond acceptors (Lipinski definition) is 5. The minimum atomic E-state index is -2.17. The van der Waals surface area contributed by atoms with Gasteiger partial charge in [-0.15, -0.1) is 0 Å². The average molecular weight is 197 g/mol. The predicted molar refractivity (Wildman–Crippen MR) is 44.6 cm³/mol. The standard InChI is InChI=1S/C9H11NO4/c10-4-6-3-8(11)5-14-7(6)1-2-9(8,12)13/h11-13H,1-3,5H2. The van der Waals surface area contributed by atoms with E-state index in [-0.39, 0.29) is 25.9 Å². The summed E-state index contributed by atoms with van der Waals surface area (Å²) in [4.78, 5) is 0. The molecule has 3 rings (SSSR count). The Morgan fingerprint density at radius 1 is 1.36 bits per heavy atom. The minimum absolute atomic E-state index is 0.00991. The fourth-order valence-electron chi connectivity index (χ4n) is 1.84. The molecular weight excluding hydrogens is 186 g/mol. The lowest BCUT2D eigenvalue weighted by Gasteiger charge is -2.38. The van der Waals surface area contributed by atoms with Crippen LogP contribution in [-0.2, 0) is 4.74 Å². The number of hydrogen-bond donors (Lipinski definition) is 3. The Labute approximate surface area is 80.8 Å². The Kier molecular flexibility index (Phi) is 1.83. The van der Waals surface area contributed by atoms with E-state index in [9.17, 15) is 15.3 Å². The van der Waals surface area contributed by atoms with E-state index in [1.54, 1.807) is 0 Å². The van der Waals surface area contributed by atoms with E-state index < -0.39 is 11.4 Å². The van der Waals surface area contributed by atoms with Crippen molar-refractivity contribution < 1.29 is 20.1 Å². The van der Waals surface area contributed by atoms with Gasteiger partial charge in [-0.2, -0.15) is 5.26 Å². The third-order valence-electron chi connectivity index (χ3n) is 2.87. The molecule has 76 valence electrons. The van der Waals surface area contributed by atoms with Gasteiger partial charge < -0.3 is 20.1 Å². The van der Waals surface area contributed by atoms with Crippen LogP contribution in [-0.4, -0.2) is 33.3 Å². The van der Waals surface area contributed by atoms with Crippen molar-refractivity contribution in [2.75, 3.05) is 6.61 Å². The van der Waals surface area contributed by atoms with Gasteiger partial charge in [0.25, 0.3) is 0 Å². The predicted octanol–water partition coefficient (Wildman–Crippen LogP) is -0.610. The highest BCUT2D eigenvalue weighted by molar-refractivity contribution is 5.31. The van der Waals surface area contributed by atoms with Gasteiger partial charge in [-0.1, -0.05) is 0 Å². The second-order valence-corrected chi connectivity index (χ2v) is 3.83. The number of allylic oxidation sites excluding steroid dienone is 1. The molecule has 0 spiro atoms. The fourth-order valence-corrected chi connectivity index (χ4v) is 1.84. The summed E-state index contributed by atoms with van der Waals surface area (Å²) in [7, 11) is 0. The smallest absolute Gasteiger partial charge is 0.196 e. The molecule has 0 aromatic rings. The van der Waals surface area contributed by atoms with Gasteiger partial charge in [-0.25, -0.2) is 0 Å². The Hall–Kier alpha value is -1.09. The normalized spacial score (nSPS) is 34.7. The molecule has 5 heteroatoms. The highest BCUT2D eigenvalue weighted by Crippen LogP contribution is 2.41. The van der Waals surface area contributed by atoms with E-state index in [1.165, 1.54) is 0 Å². The molecule has 0 aromatic carbocycles. The topological polar surface area (TPSA) is 93.7 Å². The summed E-state index contributed by atoms with van der Waals surface area (Å²) in [5.74, 6) is -1.70. The summed E-state index contributed by atoms with van der Waals surface area (Å²) in [5, 5.41) is 37.9. The number of aliphatic hydroxyl groups is 3. The van der Waals surface area contributed by atoms with Gasteiger partial charge in [0.2, 0.25) is 0 Å². The van der Waals surface area contributed by atoms with Gasteiger partial charge in [0.1, 0.15) is 12.4 Å². The van der Waals surface area contributed by atoms with Crippen LogP contribution in [0.2, 0.25) is 0 Å². The molecule has 2 bridgehead atoms. The number of fused-ring (bicyclic) bond motifs is 4. The molecule has 1 atom stereocenters. The van der Waals surface area contributed by atoms with Gasteiger partial charge in [0.05, 0.1) is 11.6 Å². The summed E-state index contributed by atoms with van der Waals surface area (Å²) in [6.45, 7) is -0.166. The van der Waals surface area contributed by atoms with E-state index in [2.05, 4.69) is 0 Å². The monoisotopic (exact) mass is 197 g/mol. The van der Waals surface area contributed by atoms with Crippen molar-refractivity contribution in [1.29, 1.82) is 5.26 Å². The van der Waals surface area contributed by atoms with E-state index in [0.29, 0.717) is 11.3 Å². The number of ether oxygens (including phenoxy) is 1. The van der Waals surface area contributed by atoms with E-state index >= 15 is 0 Å². The first-order valence-electron chi connectivity index (χ1n) is 4.40. The lowest BCUT2D eigenvalue weighted by molar-refractivity contribution is -0.282. The Morgan fingerprint density at radius 3 is 2.71 bits per heavy atom. The van der Waals surface area contributed by atoms with Crippen LogP contribution >= 0.6 is 0 Å². The number of nitrogens with zero attached hydrogens (tertiary/aromatic N) is 1. The largest absolute Gasteiger partial charge is 0.494 e. The second kappa shape index (κ2) is 2.70. The molecule has 2 heterocycles. The number of nitriles is 1. The van der Waals surface area contributed by atoms with Gasteiger partial charge in [-0.05, 0) is 0 Å². The molecular formula is C9H11NO4. The van der Waals surface area contributed by atoms with E-state index in [1.807, 2.05) is 6.07 Å². The maximum absolute atomic E-state index is 9.92. The molecule has 1 aliphatic carbocycles. The zero-order valence-electron chi connectivity index (χ0n) is 7.53. The van der Waals surface area contributed by atoms with Gasteiger partial charge in [0, 0.05) is 19.3 Å². The maximum Gasteiger partial charge on any atom is 0.196 e. The van der Waals surface area contributed by atoms with Crippen molar-refractivity contribution >= 4 is 0 Å². The first kappa shape index (κ1) is 9.46. The first-order chi connectivity index (χ1) is 6.48. The summed E-state index contributed by atoms with van der Waals surface area (Å²) in [6.07, 6.45) is 0.216. The molecule has 0 aromatic heterocycles. The highest BCUT2D eigenvalue weighted by Gasteiger charge is 2.54. The molecule has 3 N–H and O–H groups in total. The molecule has 0 amide bonds. The molecule has 0 saturated carbocycles. The van der Waals surface area contributed by atoms with Crippen LogP contribution in [0.4, 0.5) is 0 Å². The Balaban J connectivity index is 2.44.